The lowest BCUT2D eigenvalue weighted by Crippen LogP contribution is -2.29. The number of esters is 1. The van der Waals surface area contributed by atoms with Crippen LogP contribution in [0.15, 0.2) is 0 Å². The standard InChI is InChI=1S/C8H11Cl2NO3/c1-7(4-8(7,9)10)6(13)14-3-5(12)11-2/h3-4H2,1-2H3,(H,11,12). The summed E-state index contributed by atoms with van der Waals surface area (Å²) in [6, 6.07) is 0. The Morgan fingerprint density at radius 2 is 2.00 bits per heavy atom. The molecule has 14 heavy (non-hydrogen) atoms. The van der Waals surface area contributed by atoms with E-state index in [1.165, 1.54) is 7.05 Å². The molecule has 1 atom stereocenters. The van der Waals surface area contributed by atoms with E-state index in [4.69, 9.17) is 27.9 Å². The van der Waals surface area contributed by atoms with Gasteiger partial charge in [-0.3, -0.25) is 9.59 Å². The third-order valence-electron chi connectivity index (χ3n) is 2.32. The second-order valence-electron chi connectivity index (χ2n) is 3.46. The number of hydrogen-bond donors (Lipinski definition) is 1. The van der Waals surface area contributed by atoms with E-state index in [2.05, 4.69) is 5.32 Å². The Balaban J connectivity index is 2.42. The molecule has 0 spiro atoms. The van der Waals surface area contributed by atoms with Gasteiger partial charge in [-0.25, -0.2) is 0 Å². The summed E-state index contributed by atoms with van der Waals surface area (Å²) < 4.78 is 3.69. The molecule has 0 saturated heterocycles. The first kappa shape index (κ1) is 11.6. The molecule has 0 aromatic heterocycles. The topological polar surface area (TPSA) is 55.4 Å². The normalized spacial score (nSPS) is 28.0. The van der Waals surface area contributed by atoms with Crippen LogP contribution >= 0.6 is 23.2 Å². The lowest BCUT2D eigenvalue weighted by atomic mass is 10.1. The lowest BCUT2D eigenvalue weighted by molar-refractivity contribution is -0.153. The van der Waals surface area contributed by atoms with E-state index in [9.17, 15) is 9.59 Å². The third kappa shape index (κ3) is 1.96. The molecule has 0 aromatic carbocycles. The van der Waals surface area contributed by atoms with Gasteiger partial charge in [0.2, 0.25) is 0 Å². The molecular weight excluding hydrogens is 229 g/mol. The average Bonchev–Trinajstić information content (AvgIpc) is 2.62. The van der Waals surface area contributed by atoms with Gasteiger partial charge >= 0.3 is 5.97 Å². The first-order chi connectivity index (χ1) is 6.33. The first-order valence-corrected chi connectivity index (χ1v) is 4.85. The molecule has 1 unspecified atom stereocenters. The van der Waals surface area contributed by atoms with Crippen molar-refractivity contribution in [2.45, 2.75) is 17.7 Å². The van der Waals surface area contributed by atoms with Gasteiger partial charge in [-0.15, -0.1) is 23.2 Å². The number of ether oxygens (including phenoxy) is 1. The maximum Gasteiger partial charge on any atom is 0.315 e. The first-order valence-electron chi connectivity index (χ1n) is 4.09. The van der Waals surface area contributed by atoms with Crippen LogP contribution in [-0.2, 0) is 14.3 Å². The second-order valence-corrected chi connectivity index (χ2v) is 4.95. The van der Waals surface area contributed by atoms with Crippen LogP contribution in [0.4, 0.5) is 0 Å². The zero-order valence-electron chi connectivity index (χ0n) is 7.89. The molecule has 1 N–H and O–H groups in total. The van der Waals surface area contributed by atoms with Crippen LogP contribution in [-0.4, -0.2) is 29.9 Å². The maximum absolute atomic E-state index is 11.4. The SMILES string of the molecule is CNC(=O)COC(=O)C1(C)CC1(Cl)Cl. The van der Waals surface area contributed by atoms with Crippen molar-refractivity contribution in [2.75, 3.05) is 13.7 Å². The molecule has 1 aliphatic rings. The molecule has 1 aliphatic carbocycles. The van der Waals surface area contributed by atoms with Gasteiger partial charge in [0.15, 0.2) is 6.61 Å². The molecule has 0 bridgehead atoms. The number of carbonyl (C=O) groups is 2. The van der Waals surface area contributed by atoms with E-state index in [0.717, 1.165) is 0 Å². The maximum atomic E-state index is 11.4. The fourth-order valence-corrected chi connectivity index (χ4v) is 1.67. The fraction of sp³-hybridized carbons (Fsp3) is 0.750. The van der Waals surface area contributed by atoms with E-state index in [0.29, 0.717) is 6.42 Å². The number of hydrogen-bond acceptors (Lipinski definition) is 3. The minimum Gasteiger partial charge on any atom is -0.455 e. The zero-order valence-corrected chi connectivity index (χ0v) is 9.41. The monoisotopic (exact) mass is 239 g/mol. The Kier molecular flexibility index (Phi) is 2.97. The second kappa shape index (κ2) is 3.59. The van der Waals surface area contributed by atoms with Crippen LogP contribution in [0.3, 0.4) is 0 Å². The summed E-state index contributed by atoms with van der Waals surface area (Å²) in [5.41, 5.74) is -0.871. The molecule has 6 heteroatoms. The minimum atomic E-state index is -1.05. The predicted octanol–water partition coefficient (Wildman–Crippen LogP) is 0.859. The summed E-state index contributed by atoms with van der Waals surface area (Å²) in [5.74, 6) is -0.900. The van der Waals surface area contributed by atoms with Crippen LogP contribution in [0.1, 0.15) is 13.3 Å². The summed E-state index contributed by atoms with van der Waals surface area (Å²) >= 11 is 11.5. The van der Waals surface area contributed by atoms with Gasteiger partial charge in [0.1, 0.15) is 9.75 Å². The van der Waals surface area contributed by atoms with Crippen molar-refractivity contribution in [3.63, 3.8) is 0 Å². The van der Waals surface area contributed by atoms with E-state index >= 15 is 0 Å². The predicted molar refractivity (Wildman–Crippen MR) is 52.2 cm³/mol. The third-order valence-corrected chi connectivity index (χ3v) is 3.42. The smallest absolute Gasteiger partial charge is 0.315 e. The summed E-state index contributed by atoms with van der Waals surface area (Å²) in [4.78, 5) is 22.2. The van der Waals surface area contributed by atoms with Crippen molar-refractivity contribution < 1.29 is 14.3 Å². The van der Waals surface area contributed by atoms with E-state index in [1.54, 1.807) is 6.92 Å². The van der Waals surface area contributed by atoms with Crippen molar-refractivity contribution >= 4 is 35.1 Å². The Morgan fingerprint density at radius 1 is 1.50 bits per heavy atom. The highest BCUT2D eigenvalue weighted by atomic mass is 35.5. The fourth-order valence-electron chi connectivity index (χ4n) is 0.984. The van der Waals surface area contributed by atoms with Gasteiger partial charge in [-0.1, -0.05) is 0 Å². The van der Waals surface area contributed by atoms with Crippen LogP contribution in [0, 0.1) is 5.41 Å². The largest absolute Gasteiger partial charge is 0.455 e. The number of alkyl halides is 2. The van der Waals surface area contributed by atoms with Crippen LogP contribution in [0.2, 0.25) is 0 Å². The molecule has 1 saturated carbocycles. The van der Waals surface area contributed by atoms with Gasteiger partial charge in [0, 0.05) is 13.5 Å². The highest BCUT2D eigenvalue weighted by Crippen LogP contribution is 2.64. The van der Waals surface area contributed by atoms with Gasteiger partial charge in [0.05, 0.1) is 0 Å². The van der Waals surface area contributed by atoms with Gasteiger partial charge in [0.25, 0.3) is 5.91 Å². The van der Waals surface area contributed by atoms with Crippen LogP contribution in [0.5, 0.6) is 0 Å². The molecule has 1 rings (SSSR count). The van der Waals surface area contributed by atoms with Crippen molar-refractivity contribution in [1.82, 2.24) is 5.32 Å². The molecular formula is C8H11Cl2NO3. The van der Waals surface area contributed by atoms with Crippen molar-refractivity contribution in [2.24, 2.45) is 5.41 Å². The molecule has 0 aromatic rings. The number of likely N-dealkylation sites (N-methyl/N-ethyl adjacent to an activating group) is 1. The van der Waals surface area contributed by atoms with Gasteiger partial charge < -0.3 is 10.1 Å². The van der Waals surface area contributed by atoms with Gasteiger partial charge in [-0.05, 0) is 6.92 Å². The summed E-state index contributed by atoms with van der Waals surface area (Å²) in [6.45, 7) is 1.31. The van der Waals surface area contributed by atoms with E-state index in [1.807, 2.05) is 0 Å². The van der Waals surface area contributed by atoms with Gasteiger partial charge in [-0.2, -0.15) is 0 Å². The number of nitrogens with one attached hydrogen (secondary N) is 1. The molecule has 4 nitrogen and oxygen atoms in total. The Morgan fingerprint density at radius 3 is 2.36 bits per heavy atom. The number of amides is 1. The summed E-state index contributed by atoms with van der Waals surface area (Å²) in [7, 11) is 1.46. The molecule has 1 fully saturated rings. The molecule has 1 amide bonds. The summed E-state index contributed by atoms with van der Waals surface area (Å²) in [5, 5.41) is 2.33. The van der Waals surface area contributed by atoms with Crippen LogP contribution < -0.4 is 5.32 Å². The van der Waals surface area contributed by atoms with E-state index in [-0.39, 0.29) is 12.5 Å². The highest BCUT2D eigenvalue weighted by Gasteiger charge is 2.69. The zero-order chi connectivity index (χ0) is 11.0. The van der Waals surface area contributed by atoms with Crippen molar-refractivity contribution in [1.29, 1.82) is 0 Å². The van der Waals surface area contributed by atoms with Crippen LogP contribution in [0.25, 0.3) is 0 Å². The molecule has 0 aliphatic heterocycles. The quantitative estimate of drug-likeness (QED) is 0.588. The average molecular weight is 240 g/mol. The molecule has 0 heterocycles. The number of carbonyl (C=O) groups excluding carboxylic acids is 2. The van der Waals surface area contributed by atoms with Crippen molar-refractivity contribution in [3.05, 3.63) is 0 Å². The highest BCUT2D eigenvalue weighted by molar-refractivity contribution is 6.53. The molecule has 0 radical (unpaired) electrons. The Hall–Kier alpha value is -0.480. The summed E-state index contributed by atoms with van der Waals surface area (Å²) in [6.07, 6.45) is 0.357. The van der Waals surface area contributed by atoms with E-state index < -0.39 is 15.7 Å². The minimum absolute atomic E-state index is 0.297. The Bertz CT molecular complexity index is 280. The molecule has 80 valence electrons. The number of halogens is 2. The van der Waals surface area contributed by atoms with Crippen molar-refractivity contribution in [3.8, 4) is 0 Å². The Labute approximate surface area is 91.9 Å². The lowest BCUT2D eigenvalue weighted by Gasteiger charge is -2.10. The number of rotatable bonds is 3.